The van der Waals surface area contributed by atoms with Crippen molar-refractivity contribution in [2.45, 2.75) is 123 Å². The Morgan fingerprint density at radius 1 is 0.760 bits per heavy atom. The van der Waals surface area contributed by atoms with Crippen LogP contribution in [0.15, 0.2) is 46.1 Å². The molecule has 2 aliphatic heterocycles. The third-order valence-electron chi connectivity index (χ3n) is 12.4. The van der Waals surface area contributed by atoms with E-state index in [9.17, 15) is 34.4 Å². The van der Waals surface area contributed by atoms with E-state index in [0.717, 1.165) is 80.3 Å². The average Bonchev–Trinajstić information content (AvgIpc) is 3.35. The molecule has 5 rings (SSSR count). The number of allylic oxidation sites excluding steroid dienone is 7. The Balaban J connectivity index is 1.53. The van der Waals surface area contributed by atoms with Crippen molar-refractivity contribution in [2.24, 2.45) is 22.7 Å². The molecule has 0 amide bonds. The van der Waals surface area contributed by atoms with Gasteiger partial charge < -0.3 is 14.0 Å². The lowest BCUT2D eigenvalue weighted by atomic mass is 9.69. The first kappa shape index (κ1) is 39.4. The third kappa shape index (κ3) is 8.69. The topological polar surface area (TPSA) is 155 Å². The van der Waals surface area contributed by atoms with Gasteiger partial charge in [0.25, 0.3) is 0 Å². The average molecular weight is 754 g/mol. The minimum atomic E-state index is -4.32. The van der Waals surface area contributed by atoms with E-state index in [-0.39, 0.29) is 35.8 Å². The van der Waals surface area contributed by atoms with Crippen LogP contribution in [0.2, 0.25) is 0 Å². The lowest BCUT2D eigenvalue weighted by molar-refractivity contribution is -0.566. The number of hydrogen-bond acceptors (Lipinski definition) is 9. The summed E-state index contributed by atoms with van der Waals surface area (Å²) in [6.07, 6.45) is 20.5. The van der Waals surface area contributed by atoms with E-state index in [1.54, 1.807) is 0 Å². The molecule has 0 aromatic heterocycles. The Hall–Kier alpha value is -1.80. The van der Waals surface area contributed by atoms with Gasteiger partial charge in [0.15, 0.2) is 21.6 Å². The maximum atomic E-state index is 13.5. The molecule has 0 spiro atoms. The van der Waals surface area contributed by atoms with Crippen LogP contribution in [-0.2, 0) is 30.1 Å². The number of fused-ring (bicyclic) bond motifs is 2. The molecule has 13 heteroatoms. The highest BCUT2D eigenvalue weighted by Crippen LogP contribution is 2.53. The van der Waals surface area contributed by atoms with Crippen molar-refractivity contribution in [2.75, 3.05) is 30.9 Å². The normalized spacial score (nSPS) is 30.5. The molecular formula is C37H57N2O8S3-. The number of likely N-dealkylation sites (tertiary alicyclic amines) is 1. The fraction of sp³-hybridized carbons (Fsp3) is 0.757. The second kappa shape index (κ2) is 14.9. The SMILES string of the molecule is CC1(C)C(/C=C/C2=C(S(C)(=O)=O)C(=C/C=C3/N(CCCS(=O)(=O)[O-])C4CCCCC4C3(C)C)/CCC2)=[N+](CCCS(=O)(=O)[O-])C2CCCCC21. The molecule has 2 saturated carbocycles. The predicted molar refractivity (Wildman–Crippen MR) is 195 cm³/mol. The van der Waals surface area contributed by atoms with E-state index in [1.807, 2.05) is 12.2 Å². The van der Waals surface area contributed by atoms with Crippen molar-refractivity contribution in [3.63, 3.8) is 0 Å². The van der Waals surface area contributed by atoms with E-state index in [4.69, 9.17) is 0 Å². The molecule has 2 heterocycles. The Morgan fingerprint density at radius 2 is 1.38 bits per heavy atom. The molecule has 4 unspecified atom stereocenters. The number of sulfone groups is 1. The summed E-state index contributed by atoms with van der Waals surface area (Å²) in [7, 11) is -12.2. The van der Waals surface area contributed by atoms with Crippen LogP contribution >= 0.6 is 0 Å². The first-order chi connectivity index (χ1) is 23.2. The first-order valence-corrected chi connectivity index (χ1v) is 23.6. The molecule has 4 atom stereocenters. The van der Waals surface area contributed by atoms with Gasteiger partial charge in [-0.2, -0.15) is 0 Å². The highest BCUT2D eigenvalue weighted by molar-refractivity contribution is 7.94. The van der Waals surface area contributed by atoms with Crippen molar-refractivity contribution in [3.05, 3.63) is 46.1 Å². The molecule has 0 aromatic rings. The Kier molecular flexibility index (Phi) is 11.8. The van der Waals surface area contributed by atoms with Gasteiger partial charge in [-0.15, -0.1) is 0 Å². The van der Waals surface area contributed by atoms with Crippen molar-refractivity contribution in [1.29, 1.82) is 0 Å². The van der Waals surface area contributed by atoms with E-state index < -0.39 is 41.6 Å². The summed E-state index contributed by atoms with van der Waals surface area (Å²) in [4.78, 5) is 2.65. The molecule has 3 aliphatic carbocycles. The Bertz CT molecular complexity index is 1800. The lowest BCUT2D eigenvalue weighted by Gasteiger charge is -2.34. The van der Waals surface area contributed by atoms with E-state index in [0.29, 0.717) is 42.7 Å². The summed E-state index contributed by atoms with van der Waals surface area (Å²) < 4.78 is 97.9. The monoisotopic (exact) mass is 753 g/mol. The number of hydrogen-bond donors (Lipinski definition) is 0. The summed E-state index contributed by atoms with van der Waals surface area (Å²) in [5.74, 6) is -0.0177. The van der Waals surface area contributed by atoms with E-state index in [2.05, 4.69) is 49.3 Å². The molecule has 1 saturated heterocycles. The molecule has 0 bridgehead atoms. The van der Waals surface area contributed by atoms with Crippen LogP contribution in [0.5, 0.6) is 0 Å². The molecule has 282 valence electrons. The minimum Gasteiger partial charge on any atom is -0.748 e. The van der Waals surface area contributed by atoms with Gasteiger partial charge in [-0.1, -0.05) is 45.3 Å². The quantitative estimate of drug-likeness (QED) is 0.181. The van der Waals surface area contributed by atoms with Crippen LogP contribution in [-0.4, -0.2) is 92.5 Å². The third-order valence-corrected chi connectivity index (χ3v) is 15.2. The molecular weight excluding hydrogens is 697 g/mol. The fourth-order valence-corrected chi connectivity index (χ4v) is 12.5. The van der Waals surface area contributed by atoms with Crippen molar-refractivity contribution in [1.82, 2.24) is 4.90 Å². The van der Waals surface area contributed by atoms with Crippen molar-refractivity contribution < 1.29 is 38.9 Å². The highest BCUT2D eigenvalue weighted by Gasteiger charge is 2.54. The van der Waals surface area contributed by atoms with Crippen molar-refractivity contribution >= 4 is 35.8 Å². The van der Waals surface area contributed by atoms with Crippen LogP contribution in [0.3, 0.4) is 0 Å². The number of rotatable bonds is 12. The maximum absolute atomic E-state index is 13.5. The molecule has 10 nitrogen and oxygen atoms in total. The van der Waals surface area contributed by atoms with Gasteiger partial charge in [-0.25, -0.2) is 29.8 Å². The summed E-state index contributed by atoms with van der Waals surface area (Å²) in [6.45, 7) is 9.84. The summed E-state index contributed by atoms with van der Waals surface area (Å²) in [5, 5.41) is 0. The molecule has 0 N–H and O–H groups in total. The van der Waals surface area contributed by atoms with E-state index >= 15 is 0 Å². The standard InChI is InChI=1S/C37H58N2O8S3/c1-36(2)29-15-6-8-17-31(29)38(23-11-25-49(42,43)44)33(36)21-19-27-13-10-14-28(35(27)48(5,40)41)20-22-34-37(3,4)30-16-7-9-18-32(30)39(34)24-12-26-50(45,46)47/h19-22,29-32H,6-18,23-26H2,1-5H3,(H-,42,43,44,45,46,47)/p-1. The van der Waals surface area contributed by atoms with Crippen molar-refractivity contribution in [3.8, 4) is 0 Å². The van der Waals surface area contributed by atoms with Crippen LogP contribution in [0.4, 0.5) is 0 Å². The zero-order valence-corrected chi connectivity index (χ0v) is 33.0. The van der Waals surface area contributed by atoms with Gasteiger partial charge >= 0.3 is 0 Å². The highest BCUT2D eigenvalue weighted by atomic mass is 32.2. The van der Waals surface area contributed by atoms with Crippen LogP contribution in [0.1, 0.15) is 111 Å². The Labute approximate surface area is 301 Å². The molecule has 0 radical (unpaired) electrons. The molecule has 5 aliphatic rings. The second-order valence-corrected chi connectivity index (χ2v) is 21.4. The maximum Gasteiger partial charge on any atom is 0.182 e. The van der Waals surface area contributed by atoms with Gasteiger partial charge in [0.05, 0.1) is 30.6 Å². The summed E-state index contributed by atoms with van der Waals surface area (Å²) in [5.41, 5.74) is 3.29. The van der Waals surface area contributed by atoms with Crippen LogP contribution < -0.4 is 0 Å². The number of nitrogens with zero attached hydrogens (tertiary/aromatic N) is 2. The second-order valence-electron chi connectivity index (χ2n) is 16.4. The van der Waals surface area contributed by atoms with Gasteiger partial charge in [-0.05, 0) is 88.4 Å². The van der Waals surface area contributed by atoms with Gasteiger partial charge in [0, 0.05) is 66.3 Å². The summed E-state index contributed by atoms with van der Waals surface area (Å²) in [6, 6.07) is 0.527. The van der Waals surface area contributed by atoms with E-state index in [1.165, 1.54) is 6.26 Å². The zero-order valence-electron chi connectivity index (χ0n) is 30.5. The lowest BCUT2D eigenvalue weighted by Crippen LogP contribution is -2.35. The van der Waals surface area contributed by atoms with Gasteiger partial charge in [0.2, 0.25) is 0 Å². The predicted octanol–water partition coefficient (Wildman–Crippen LogP) is 5.66. The first-order valence-electron chi connectivity index (χ1n) is 18.5. The van der Waals surface area contributed by atoms with Gasteiger partial charge in [-0.3, -0.25) is 0 Å². The zero-order chi connectivity index (χ0) is 36.7. The summed E-state index contributed by atoms with van der Waals surface area (Å²) >= 11 is 0. The minimum absolute atomic E-state index is 0.193. The molecule has 0 aromatic carbocycles. The smallest absolute Gasteiger partial charge is 0.182 e. The fourth-order valence-electron chi connectivity index (χ4n) is 10.2. The van der Waals surface area contributed by atoms with Crippen LogP contribution in [0.25, 0.3) is 0 Å². The Morgan fingerprint density at radius 3 is 2.04 bits per heavy atom. The molecule has 3 fully saturated rings. The largest absolute Gasteiger partial charge is 0.748 e. The van der Waals surface area contributed by atoms with Gasteiger partial charge in [0.1, 0.15) is 6.54 Å². The molecule has 50 heavy (non-hydrogen) atoms. The van der Waals surface area contributed by atoms with Crippen LogP contribution in [0, 0.1) is 22.7 Å².